The Bertz CT molecular complexity index is 617. The number of hydrogen-bond donors (Lipinski definition) is 2. The monoisotopic (exact) mass is 304 g/mol. The molecule has 0 aliphatic carbocycles. The van der Waals surface area contributed by atoms with Crippen molar-refractivity contribution in [2.45, 2.75) is 19.6 Å². The number of anilines is 2. The predicted octanol–water partition coefficient (Wildman–Crippen LogP) is 3.47. The summed E-state index contributed by atoms with van der Waals surface area (Å²) in [5, 5.41) is 3.20. The molecular weight excluding hydrogens is 288 g/mol. The Kier molecular flexibility index (Phi) is 5.20. The standard InChI is InChI=1S/C16H17ClN2O2/c1-11(21-10-12-5-3-2-4-6-12)16(20)19-13-7-8-14(17)15(18)9-13/h2-9,11H,10,18H2,1H3,(H,19,20). The second-order valence-corrected chi connectivity index (χ2v) is 5.07. The van der Waals surface area contributed by atoms with Gasteiger partial charge in [-0.25, -0.2) is 0 Å². The average Bonchev–Trinajstić information content (AvgIpc) is 2.49. The molecule has 4 nitrogen and oxygen atoms in total. The molecule has 0 spiro atoms. The van der Waals surface area contributed by atoms with E-state index in [0.29, 0.717) is 23.0 Å². The highest BCUT2D eigenvalue weighted by molar-refractivity contribution is 6.33. The number of amides is 1. The summed E-state index contributed by atoms with van der Waals surface area (Å²) < 4.78 is 5.55. The molecule has 2 rings (SSSR count). The van der Waals surface area contributed by atoms with Crippen LogP contribution >= 0.6 is 11.6 Å². The van der Waals surface area contributed by atoms with E-state index in [9.17, 15) is 4.79 Å². The Balaban J connectivity index is 1.89. The fourth-order valence-electron chi connectivity index (χ4n) is 1.74. The summed E-state index contributed by atoms with van der Waals surface area (Å²) in [4.78, 5) is 12.0. The van der Waals surface area contributed by atoms with E-state index >= 15 is 0 Å². The van der Waals surface area contributed by atoms with E-state index in [0.717, 1.165) is 5.56 Å². The molecule has 0 saturated heterocycles. The molecule has 2 aromatic rings. The maximum atomic E-state index is 12.0. The molecule has 0 fully saturated rings. The number of nitrogens with two attached hydrogens (primary N) is 1. The number of halogens is 1. The van der Waals surface area contributed by atoms with Crippen LogP contribution in [0, 0.1) is 0 Å². The van der Waals surface area contributed by atoms with Gasteiger partial charge in [-0.05, 0) is 30.7 Å². The molecule has 3 N–H and O–H groups in total. The molecule has 0 radical (unpaired) electrons. The molecule has 1 unspecified atom stereocenters. The topological polar surface area (TPSA) is 64.3 Å². The third-order valence-electron chi connectivity index (χ3n) is 2.98. The van der Waals surface area contributed by atoms with Gasteiger partial charge in [-0.3, -0.25) is 4.79 Å². The summed E-state index contributed by atoms with van der Waals surface area (Å²) in [6, 6.07) is 14.6. The molecule has 0 heterocycles. The minimum atomic E-state index is -0.567. The van der Waals surface area contributed by atoms with Gasteiger partial charge in [0.15, 0.2) is 0 Å². The normalized spacial score (nSPS) is 11.9. The Morgan fingerprint density at radius 3 is 2.67 bits per heavy atom. The molecule has 21 heavy (non-hydrogen) atoms. The third kappa shape index (κ3) is 4.48. The van der Waals surface area contributed by atoms with Gasteiger partial charge in [-0.1, -0.05) is 41.9 Å². The van der Waals surface area contributed by atoms with E-state index in [4.69, 9.17) is 22.1 Å². The first-order valence-electron chi connectivity index (χ1n) is 6.57. The summed E-state index contributed by atoms with van der Waals surface area (Å²) in [5.41, 5.74) is 7.73. The Morgan fingerprint density at radius 2 is 2.00 bits per heavy atom. The van der Waals surface area contributed by atoms with Crippen molar-refractivity contribution in [3.63, 3.8) is 0 Å². The highest BCUT2D eigenvalue weighted by Gasteiger charge is 2.14. The van der Waals surface area contributed by atoms with Crippen molar-refractivity contribution >= 4 is 28.9 Å². The van der Waals surface area contributed by atoms with Crippen LogP contribution in [0.1, 0.15) is 12.5 Å². The lowest BCUT2D eigenvalue weighted by molar-refractivity contribution is -0.127. The third-order valence-corrected chi connectivity index (χ3v) is 3.32. The quantitative estimate of drug-likeness (QED) is 0.831. The maximum Gasteiger partial charge on any atom is 0.253 e. The van der Waals surface area contributed by atoms with Gasteiger partial charge in [0.1, 0.15) is 6.10 Å². The summed E-state index contributed by atoms with van der Waals surface area (Å²) in [6.07, 6.45) is -0.567. The van der Waals surface area contributed by atoms with Gasteiger partial charge in [0.2, 0.25) is 0 Å². The molecule has 110 valence electrons. The second kappa shape index (κ2) is 7.11. The highest BCUT2D eigenvalue weighted by Crippen LogP contribution is 2.22. The van der Waals surface area contributed by atoms with Crippen LogP contribution in [-0.4, -0.2) is 12.0 Å². The fourth-order valence-corrected chi connectivity index (χ4v) is 1.85. The number of ether oxygens (including phenoxy) is 1. The zero-order valence-electron chi connectivity index (χ0n) is 11.7. The number of carbonyl (C=O) groups is 1. The minimum absolute atomic E-state index is 0.229. The first-order chi connectivity index (χ1) is 10.1. The highest BCUT2D eigenvalue weighted by atomic mass is 35.5. The molecule has 5 heteroatoms. The molecule has 2 aromatic carbocycles. The van der Waals surface area contributed by atoms with Crippen LogP contribution in [0.2, 0.25) is 5.02 Å². The molecular formula is C16H17ClN2O2. The van der Waals surface area contributed by atoms with Crippen molar-refractivity contribution in [1.82, 2.24) is 0 Å². The lowest BCUT2D eigenvalue weighted by Crippen LogP contribution is -2.27. The van der Waals surface area contributed by atoms with Crippen LogP contribution in [0.4, 0.5) is 11.4 Å². The van der Waals surface area contributed by atoms with Crippen LogP contribution in [0.3, 0.4) is 0 Å². The van der Waals surface area contributed by atoms with E-state index in [-0.39, 0.29) is 5.91 Å². The Morgan fingerprint density at radius 1 is 1.29 bits per heavy atom. The Hall–Kier alpha value is -2.04. The number of benzene rings is 2. The van der Waals surface area contributed by atoms with Crippen molar-refractivity contribution in [3.8, 4) is 0 Å². The summed E-state index contributed by atoms with van der Waals surface area (Å²) in [6.45, 7) is 2.09. The van der Waals surface area contributed by atoms with Gasteiger partial charge in [0.25, 0.3) is 5.91 Å². The van der Waals surface area contributed by atoms with Gasteiger partial charge in [0, 0.05) is 5.69 Å². The number of nitrogen functional groups attached to an aromatic ring is 1. The van der Waals surface area contributed by atoms with Gasteiger partial charge in [-0.15, -0.1) is 0 Å². The zero-order valence-corrected chi connectivity index (χ0v) is 12.4. The van der Waals surface area contributed by atoms with E-state index < -0.39 is 6.10 Å². The van der Waals surface area contributed by atoms with E-state index in [2.05, 4.69) is 5.32 Å². The number of nitrogens with one attached hydrogen (secondary N) is 1. The first kappa shape index (κ1) is 15.4. The average molecular weight is 305 g/mol. The van der Waals surface area contributed by atoms with Crippen molar-refractivity contribution in [3.05, 3.63) is 59.1 Å². The summed E-state index contributed by atoms with van der Waals surface area (Å²) in [5.74, 6) is -0.229. The molecule has 1 atom stereocenters. The van der Waals surface area contributed by atoms with Crippen LogP contribution < -0.4 is 11.1 Å². The van der Waals surface area contributed by atoms with Gasteiger partial charge in [-0.2, -0.15) is 0 Å². The summed E-state index contributed by atoms with van der Waals surface area (Å²) >= 11 is 5.83. The van der Waals surface area contributed by atoms with Crippen LogP contribution in [0.25, 0.3) is 0 Å². The van der Waals surface area contributed by atoms with Gasteiger partial charge in [0.05, 0.1) is 17.3 Å². The van der Waals surface area contributed by atoms with Crippen molar-refractivity contribution < 1.29 is 9.53 Å². The Labute approximate surface area is 128 Å². The van der Waals surface area contributed by atoms with Crippen LogP contribution in [-0.2, 0) is 16.1 Å². The lowest BCUT2D eigenvalue weighted by atomic mass is 10.2. The van der Waals surface area contributed by atoms with Crippen molar-refractivity contribution in [1.29, 1.82) is 0 Å². The maximum absolute atomic E-state index is 12.0. The molecule has 0 aliphatic rings. The zero-order chi connectivity index (χ0) is 15.2. The molecule has 0 aromatic heterocycles. The fraction of sp³-hybridized carbons (Fsp3) is 0.188. The number of rotatable bonds is 5. The van der Waals surface area contributed by atoms with Gasteiger partial charge >= 0.3 is 0 Å². The molecule has 1 amide bonds. The second-order valence-electron chi connectivity index (χ2n) is 4.66. The van der Waals surface area contributed by atoms with Gasteiger partial charge < -0.3 is 15.8 Å². The smallest absolute Gasteiger partial charge is 0.253 e. The largest absolute Gasteiger partial charge is 0.397 e. The van der Waals surface area contributed by atoms with E-state index in [1.54, 1.807) is 25.1 Å². The molecule has 0 saturated carbocycles. The number of carbonyl (C=O) groups excluding carboxylic acids is 1. The first-order valence-corrected chi connectivity index (χ1v) is 6.95. The van der Waals surface area contributed by atoms with Crippen molar-refractivity contribution in [2.24, 2.45) is 0 Å². The molecule has 0 aliphatic heterocycles. The van der Waals surface area contributed by atoms with Crippen LogP contribution in [0.15, 0.2) is 48.5 Å². The minimum Gasteiger partial charge on any atom is -0.397 e. The van der Waals surface area contributed by atoms with Crippen molar-refractivity contribution in [2.75, 3.05) is 11.1 Å². The molecule has 0 bridgehead atoms. The SMILES string of the molecule is CC(OCc1ccccc1)C(=O)Nc1ccc(Cl)c(N)c1. The number of hydrogen-bond acceptors (Lipinski definition) is 3. The predicted molar refractivity (Wildman–Crippen MR) is 85.2 cm³/mol. The van der Waals surface area contributed by atoms with Crippen LogP contribution in [0.5, 0.6) is 0 Å². The van der Waals surface area contributed by atoms with E-state index in [1.807, 2.05) is 30.3 Å². The summed E-state index contributed by atoms with van der Waals surface area (Å²) in [7, 11) is 0. The lowest BCUT2D eigenvalue weighted by Gasteiger charge is -2.14. The van der Waals surface area contributed by atoms with E-state index in [1.165, 1.54) is 0 Å².